The van der Waals surface area contributed by atoms with E-state index in [-0.39, 0.29) is 6.42 Å². The Balaban J connectivity index is 1.18. The van der Waals surface area contributed by atoms with Crippen LogP contribution in [0.5, 0.6) is 0 Å². The summed E-state index contributed by atoms with van der Waals surface area (Å²) in [5.74, 6) is 3.01. The lowest BCUT2D eigenvalue weighted by atomic mass is 9.51. The van der Waals surface area contributed by atoms with Crippen molar-refractivity contribution >= 4 is 11.9 Å². The number of unbranched alkanes of at least 4 members (excludes halogenated alkanes) is 7. The van der Waals surface area contributed by atoms with E-state index in [1.165, 1.54) is 70.6 Å². The Morgan fingerprint density at radius 3 is 1.57 bits per heavy atom. The molecule has 0 aromatic heterocycles. The van der Waals surface area contributed by atoms with Crippen LogP contribution in [0.3, 0.4) is 0 Å². The molecule has 4 fully saturated rings. The van der Waals surface area contributed by atoms with Gasteiger partial charge in [-0.3, -0.25) is 9.59 Å². The van der Waals surface area contributed by atoms with Crippen LogP contribution in [-0.2, 0) is 9.59 Å². The van der Waals surface area contributed by atoms with Crippen LogP contribution < -0.4 is 0 Å². The second-order valence-corrected chi connectivity index (χ2v) is 10.8. The fourth-order valence-corrected chi connectivity index (χ4v) is 7.21. The molecule has 3 N–H and O–H groups in total. The van der Waals surface area contributed by atoms with Gasteiger partial charge in [-0.15, -0.1) is 0 Å². The van der Waals surface area contributed by atoms with Gasteiger partial charge in [-0.1, -0.05) is 51.4 Å². The van der Waals surface area contributed by atoms with E-state index < -0.39 is 30.4 Å². The highest BCUT2D eigenvalue weighted by Gasteiger charge is 2.47. The molecule has 0 amide bonds. The molecule has 172 valence electrons. The van der Waals surface area contributed by atoms with Crippen LogP contribution in [0.2, 0.25) is 0 Å². The quantitative estimate of drug-likeness (QED) is 0.297. The lowest BCUT2D eigenvalue weighted by molar-refractivity contribution is -0.149. The van der Waals surface area contributed by atoms with Crippen molar-refractivity contribution in [3.8, 4) is 0 Å². The molecule has 5 heteroatoms. The van der Waals surface area contributed by atoms with Crippen LogP contribution >= 0.6 is 0 Å². The molecule has 5 nitrogen and oxygen atoms in total. The van der Waals surface area contributed by atoms with Crippen molar-refractivity contribution in [2.45, 2.75) is 115 Å². The van der Waals surface area contributed by atoms with Crippen molar-refractivity contribution in [1.82, 2.24) is 0 Å². The number of hydrogen-bond donors (Lipinski definition) is 3. The van der Waals surface area contributed by atoms with E-state index in [2.05, 4.69) is 0 Å². The maximum absolute atomic E-state index is 10.9. The van der Waals surface area contributed by atoms with Crippen molar-refractivity contribution in [3.05, 3.63) is 0 Å². The molecule has 0 aromatic rings. The van der Waals surface area contributed by atoms with E-state index in [1.54, 1.807) is 0 Å². The normalized spacial score (nSPS) is 30.0. The molecular formula is C25H42O5. The van der Waals surface area contributed by atoms with Crippen molar-refractivity contribution in [2.75, 3.05) is 0 Å². The fourth-order valence-electron chi connectivity index (χ4n) is 7.21. The zero-order valence-corrected chi connectivity index (χ0v) is 18.6. The molecule has 0 unspecified atom stereocenters. The molecule has 0 aromatic carbocycles. The van der Waals surface area contributed by atoms with Crippen LogP contribution in [0, 0.1) is 29.6 Å². The Morgan fingerprint density at radius 2 is 1.10 bits per heavy atom. The Kier molecular flexibility index (Phi) is 8.62. The minimum atomic E-state index is -1.62. The van der Waals surface area contributed by atoms with Crippen LogP contribution in [0.4, 0.5) is 0 Å². The minimum absolute atomic E-state index is 0.247. The summed E-state index contributed by atoms with van der Waals surface area (Å²) in [5.41, 5.74) is -1.62. The van der Waals surface area contributed by atoms with Gasteiger partial charge in [-0.05, 0) is 74.5 Å². The van der Waals surface area contributed by atoms with Crippen LogP contribution in [0.1, 0.15) is 109 Å². The fraction of sp³-hybridized carbons (Fsp3) is 0.920. The molecule has 4 aliphatic carbocycles. The topological polar surface area (TPSA) is 94.8 Å². The van der Waals surface area contributed by atoms with Gasteiger partial charge in [0.05, 0.1) is 18.4 Å². The van der Waals surface area contributed by atoms with Crippen molar-refractivity contribution in [2.24, 2.45) is 29.6 Å². The maximum atomic E-state index is 10.9. The van der Waals surface area contributed by atoms with Gasteiger partial charge in [-0.25, -0.2) is 0 Å². The Morgan fingerprint density at radius 1 is 0.667 bits per heavy atom. The third-order valence-electron chi connectivity index (χ3n) is 8.31. The van der Waals surface area contributed by atoms with Gasteiger partial charge >= 0.3 is 11.9 Å². The van der Waals surface area contributed by atoms with Crippen molar-refractivity contribution < 1.29 is 24.9 Å². The minimum Gasteiger partial charge on any atom is -0.481 e. The zero-order valence-electron chi connectivity index (χ0n) is 18.6. The first-order valence-corrected chi connectivity index (χ1v) is 12.5. The molecule has 0 saturated heterocycles. The van der Waals surface area contributed by atoms with E-state index in [0.717, 1.165) is 42.4 Å². The van der Waals surface area contributed by atoms with Crippen molar-refractivity contribution in [3.63, 3.8) is 0 Å². The number of carboxylic acids is 2. The van der Waals surface area contributed by atoms with Crippen LogP contribution in [-0.4, -0.2) is 32.9 Å². The molecule has 0 heterocycles. The third-order valence-corrected chi connectivity index (χ3v) is 8.31. The second-order valence-electron chi connectivity index (χ2n) is 10.8. The van der Waals surface area contributed by atoms with E-state index in [1.807, 2.05) is 0 Å². The highest BCUT2D eigenvalue weighted by atomic mass is 16.4. The third kappa shape index (κ3) is 6.96. The number of aliphatic hydroxyl groups is 1. The standard InChI is InChI=1S/C25H42O5/c26-23(27)16-25(30,17-24(28)29)10-8-6-4-2-1-3-5-7-9-22-20-12-18-11-19(14-20)15-21(22)13-18/h18-22,30H,1-17H2,(H,26,27)(H,28,29). The first kappa shape index (κ1) is 23.6. The lowest BCUT2D eigenvalue weighted by Gasteiger charge is -2.54. The summed E-state index contributed by atoms with van der Waals surface area (Å²) in [7, 11) is 0. The highest BCUT2D eigenvalue weighted by molar-refractivity contribution is 5.72. The molecule has 0 spiro atoms. The predicted molar refractivity (Wildman–Crippen MR) is 116 cm³/mol. The maximum Gasteiger partial charge on any atom is 0.306 e. The van der Waals surface area contributed by atoms with Gasteiger partial charge < -0.3 is 15.3 Å². The van der Waals surface area contributed by atoms with Gasteiger partial charge in [-0.2, -0.15) is 0 Å². The second kappa shape index (κ2) is 11.0. The number of aliphatic carboxylic acids is 2. The van der Waals surface area contributed by atoms with E-state index in [4.69, 9.17) is 10.2 Å². The molecule has 30 heavy (non-hydrogen) atoms. The molecule has 4 rings (SSSR count). The summed E-state index contributed by atoms with van der Waals surface area (Å²) in [6.45, 7) is 0. The van der Waals surface area contributed by atoms with Crippen LogP contribution in [0.25, 0.3) is 0 Å². The number of hydrogen-bond acceptors (Lipinski definition) is 3. The Hall–Kier alpha value is -1.10. The Labute approximate surface area is 181 Å². The van der Waals surface area contributed by atoms with E-state index >= 15 is 0 Å². The zero-order chi connectivity index (χ0) is 21.6. The smallest absolute Gasteiger partial charge is 0.306 e. The van der Waals surface area contributed by atoms with E-state index in [9.17, 15) is 14.7 Å². The van der Waals surface area contributed by atoms with Gasteiger partial charge in [0.25, 0.3) is 0 Å². The predicted octanol–water partition coefficient (Wildman–Crippen LogP) is 5.64. The Bertz CT molecular complexity index is 528. The molecule has 0 radical (unpaired) electrons. The average Bonchev–Trinajstić information content (AvgIpc) is 2.63. The molecule has 0 aliphatic heterocycles. The number of rotatable bonds is 15. The highest BCUT2D eigenvalue weighted by Crippen LogP contribution is 2.57. The van der Waals surface area contributed by atoms with Crippen molar-refractivity contribution in [1.29, 1.82) is 0 Å². The van der Waals surface area contributed by atoms with Gasteiger partial charge in [0, 0.05) is 0 Å². The molecule has 4 bridgehead atoms. The average molecular weight is 423 g/mol. The van der Waals surface area contributed by atoms with Gasteiger partial charge in [0.2, 0.25) is 0 Å². The molecule has 4 saturated carbocycles. The largest absolute Gasteiger partial charge is 0.481 e. The summed E-state index contributed by atoms with van der Waals surface area (Å²) >= 11 is 0. The van der Waals surface area contributed by atoms with Gasteiger partial charge in [0.1, 0.15) is 0 Å². The van der Waals surface area contributed by atoms with Gasteiger partial charge in [0.15, 0.2) is 0 Å². The molecule has 4 aliphatic rings. The summed E-state index contributed by atoms with van der Waals surface area (Å²) in [5, 5.41) is 28.1. The summed E-state index contributed by atoms with van der Waals surface area (Å²) in [6.07, 6.45) is 17.5. The lowest BCUT2D eigenvalue weighted by Crippen LogP contribution is -2.44. The first-order chi connectivity index (χ1) is 14.3. The SMILES string of the molecule is O=C(O)CC(O)(CCCCCCCCCCC1C2CC3CC(C2)CC1C3)CC(=O)O. The molecular weight excluding hydrogens is 380 g/mol. The summed E-state index contributed by atoms with van der Waals surface area (Å²) < 4.78 is 0. The summed E-state index contributed by atoms with van der Waals surface area (Å²) in [6, 6.07) is 0. The number of carboxylic acid groups (broad SMARTS) is 2. The molecule has 0 atom stereocenters. The first-order valence-electron chi connectivity index (χ1n) is 12.5. The number of carbonyl (C=O) groups is 2. The summed E-state index contributed by atoms with van der Waals surface area (Å²) in [4.78, 5) is 21.8. The van der Waals surface area contributed by atoms with Crippen LogP contribution in [0.15, 0.2) is 0 Å². The van der Waals surface area contributed by atoms with E-state index in [0.29, 0.717) is 6.42 Å². The monoisotopic (exact) mass is 422 g/mol.